The number of carbonyl (C=O) groups is 1. The monoisotopic (exact) mass is 285 g/mol. The molecule has 3 rings (SSSR count). The Labute approximate surface area is 121 Å². The summed E-state index contributed by atoms with van der Waals surface area (Å²) in [7, 11) is 0. The largest absolute Gasteiger partial charge is 0.320 e. The average molecular weight is 286 g/mol. The second-order valence-electron chi connectivity index (χ2n) is 4.48. The van der Waals surface area contributed by atoms with E-state index >= 15 is 0 Å². The number of imidazole rings is 1. The van der Waals surface area contributed by atoms with E-state index in [4.69, 9.17) is 11.6 Å². The van der Waals surface area contributed by atoms with Crippen LogP contribution in [0.2, 0.25) is 5.02 Å². The van der Waals surface area contributed by atoms with Gasteiger partial charge in [0.2, 0.25) is 0 Å². The quantitative estimate of drug-likeness (QED) is 0.783. The smallest absolute Gasteiger partial charge is 0.272 e. The van der Waals surface area contributed by atoms with Crippen molar-refractivity contribution in [2.24, 2.45) is 0 Å². The molecule has 100 valence electrons. The van der Waals surface area contributed by atoms with Crippen LogP contribution < -0.4 is 5.32 Å². The molecular formula is C15H12ClN3O. The third-order valence-corrected chi connectivity index (χ3v) is 3.33. The maximum absolute atomic E-state index is 12.4. The van der Waals surface area contributed by atoms with Gasteiger partial charge in [-0.2, -0.15) is 0 Å². The zero-order valence-electron chi connectivity index (χ0n) is 10.8. The van der Waals surface area contributed by atoms with Crippen LogP contribution in [0, 0.1) is 6.92 Å². The summed E-state index contributed by atoms with van der Waals surface area (Å²) < 4.78 is 1.75. The molecule has 0 aliphatic rings. The molecule has 2 aromatic heterocycles. The SMILES string of the molecule is Cc1cc(Cl)ccc1NC(=O)c1cccc2nccn12. The summed E-state index contributed by atoms with van der Waals surface area (Å²) in [5, 5.41) is 3.54. The molecule has 20 heavy (non-hydrogen) atoms. The molecule has 0 radical (unpaired) electrons. The van der Waals surface area contributed by atoms with Crippen LogP contribution in [-0.2, 0) is 0 Å². The predicted molar refractivity (Wildman–Crippen MR) is 79.3 cm³/mol. The van der Waals surface area contributed by atoms with Gasteiger partial charge in [0.15, 0.2) is 0 Å². The third kappa shape index (κ3) is 2.26. The van der Waals surface area contributed by atoms with Gasteiger partial charge in [-0.25, -0.2) is 4.98 Å². The van der Waals surface area contributed by atoms with Crippen molar-refractivity contribution in [2.75, 3.05) is 5.32 Å². The number of hydrogen-bond donors (Lipinski definition) is 1. The van der Waals surface area contributed by atoms with Crippen LogP contribution in [0.1, 0.15) is 16.1 Å². The van der Waals surface area contributed by atoms with Crippen molar-refractivity contribution in [2.45, 2.75) is 6.92 Å². The maximum Gasteiger partial charge on any atom is 0.272 e. The van der Waals surface area contributed by atoms with Gasteiger partial charge in [-0.05, 0) is 42.8 Å². The van der Waals surface area contributed by atoms with E-state index in [-0.39, 0.29) is 5.91 Å². The number of aromatic nitrogens is 2. The van der Waals surface area contributed by atoms with E-state index < -0.39 is 0 Å². The summed E-state index contributed by atoms with van der Waals surface area (Å²) in [6, 6.07) is 10.8. The number of nitrogens with one attached hydrogen (secondary N) is 1. The molecule has 0 bridgehead atoms. The normalized spacial score (nSPS) is 10.7. The Morgan fingerprint density at radius 2 is 2.15 bits per heavy atom. The number of halogens is 1. The number of aryl methyl sites for hydroxylation is 1. The molecule has 0 spiro atoms. The highest BCUT2D eigenvalue weighted by Crippen LogP contribution is 2.20. The molecule has 1 amide bonds. The maximum atomic E-state index is 12.4. The van der Waals surface area contributed by atoms with Crippen molar-refractivity contribution in [1.29, 1.82) is 0 Å². The van der Waals surface area contributed by atoms with E-state index in [9.17, 15) is 4.79 Å². The van der Waals surface area contributed by atoms with Crippen molar-refractivity contribution in [3.63, 3.8) is 0 Å². The molecule has 1 N–H and O–H groups in total. The first kappa shape index (κ1) is 12.7. The number of carbonyl (C=O) groups excluding carboxylic acids is 1. The first-order valence-corrected chi connectivity index (χ1v) is 6.52. The van der Waals surface area contributed by atoms with Crippen molar-refractivity contribution >= 4 is 28.8 Å². The van der Waals surface area contributed by atoms with Gasteiger partial charge in [0.25, 0.3) is 5.91 Å². The van der Waals surface area contributed by atoms with Crippen LogP contribution in [0.5, 0.6) is 0 Å². The van der Waals surface area contributed by atoms with Crippen molar-refractivity contribution in [3.05, 3.63) is 65.1 Å². The second kappa shape index (κ2) is 4.98. The highest BCUT2D eigenvalue weighted by Gasteiger charge is 2.11. The van der Waals surface area contributed by atoms with Crippen molar-refractivity contribution < 1.29 is 4.79 Å². The Kier molecular flexibility index (Phi) is 3.16. The van der Waals surface area contributed by atoms with Gasteiger partial charge in [0, 0.05) is 23.1 Å². The molecule has 0 fully saturated rings. The van der Waals surface area contributed by atoms with Gasteiger partial charge in [-0.1, -0.05) is 17.7 Å². The fraction of sp³-hybridized carbons (Fsp3) is 0.0667. The van der Waals surface area contributed by atoms with Crippen LogP contribution in [0.15, 0.2) is 48.8 Å². The molecular weight excluding hydrogens is 274 g/mol. The van der Waals surface area contributed by atoms with Crippen LogP contribution in [0.25, 0.3) is 5.65 Å². The standard InChI is InChI=1S/C15H12ClN3O/c1-10-9-11(16)5-6-12(10)18-15(20)13-3-2-4-14-17-7-8-19(13)14/h2-9H,1H3,(H,18,20). The lowest BCUT2D eigenvalue weighted by atomic mass is 10.2. The van der Waals surface area contributed by atoms with Gasteiger partial charge >= 0.3 is 0 Å². The number of nitrogens with zero attached hydrogens (tertiary/aromatic N) is 2. The number of anilines is 1. The lowest BCUT2D eigenvalue weighted by molar-refractivity contribution is 0.102. The van der Waals surface area contributed by atoms with Crippen LogP contribution >= 0.6 is 11.6 Å². The third-order valence-electron chi connectivity index (χ3n) is 3.10. The Morgan fingerprint density at radius 3 is 2.95 bits per heavy atom. The molecule has 0 atom stereocenters. The average Bonchev–Trinajstić information content (AvgIpc) is 2.90. The summed E-state index contributed by atoms with van der Waals surface area (Å²) in [4.78, 5) is 16.5. The van der Waals surface area contributed by atoms with Gasteiger partial charge in [0.05, 0.1) is 0 Å². The molecule has 5 heteroatoms. The fourth-order valence-corrected chi connectivity index (χ4v) is 2.31. The molecule has 0 aliphatic carbocycles. The van der Waals surface area contributed by atoms with Crippen LogP contribution in [-0.4, -0.2) is 15.3 Å². The first-order chi connectivity index (χ1) is 9.65. The first-order valence-electron chi connectivity index (χ1n) is 6.15. The lowest BCUT2D eigenvalue weighted by Gasteiger charge is -2.10. The minimum atomic E-state index is -0.181. The van der Waals surface area contributed by atoms with Gasteiger partial charge in [-0.15, -0.1) is 0 Å². The highest BCUT2D eigenvalue weighted by atomic mass is 35.5. The van der Waals surface area contributed by atoms with E-state index in [1.807, 2.05) is 25.1 Å². The van der Waals surface area contributed by atoms with Crippen LogP contribution in [0.3, 0.4) is 0 Å². The summed E-state index contributed by atoms with van der Waals surface area (Å²) in [6.45, 7) is 1.90. The topological polar surface area (TPSA) is 46.4 Å². The van der Waals surface area contributed by atoms with E-state index in [1.165, 1.54) is 0 Å². The Bertz CT molecular complexity index is 795. The van der Waals surface area contributed by atoms with E-state index in [1.54, 1.807) is 35.0 Å². The predicted octanol–water partition coefficient (Wildman–Crippen LogP) is 3.55. The van der Waals surface area contributed by atoms with E-state index in [0.717, 1.165) is 16.9 Å². The summed E-state index contributed by atoms with van der Waals surface area (Å²) >= 11 is 5.91. The van der Waals surface area contributed by atoms with E-state index in [2.05, 4.69) is 10.3 Å². The molecule has 4 nitrogen and oxygen atoms in total. The number of amides is 1. The lowest BCUT2D eigenvalue weighted by Crippen LogP contribution is -2.16. The zero-order valence-corrected chi connectivity index (χ0v) is 11.6. The molecule has 2 heterocycles. The molecule has 1 aromatic carbocycles. The highest BCUT2D eigenvalue weighted by molar-refractivity contribution is 6.30. The minimum Gasteiger partial charge on any atom is -0.320 e. The molecule has 0 saturated heterocycles. The van der Waals surface area contributed by atoms with Crippen LogP contribution in [0.4, 0.5) is 5.69 Å². The molecule has 0 unspecified atom stereocenters. The molecule has 0 saturated carbocycles. The number of benzene rings is 1. The molecule has 3 aromatic rings. The van der Waals surface area contributed by atoms with Crippen molar-refractivity contribution in [1.82, 2.24) is 9.38 Å². The fourth-order valence-electron chi connectivity index (χ4n) is 2.09. The van der Waals surface area contributed by atoms with E-state index in [0.29, 0.717) is 10.7 Å². The number of fused-ring (bicyclic) bond motifs is 1. The number of hydrogen-bond acceptors (Lipinski definition) is 2. The number of pyridine rings is 1. The summed E-state index contributed by atoms with van der Waals surface area (Å²) in [5.41, 5.74) is 2.94. The van der Waals surface area contributed by atoms with Gasteiger partial charge in [-0.3, -0.25) is 9.20 Å². The Hall–Kier alpha value is -2.33. The minimum absolute atomic E-state index is 0.181. The second-order valence-corrected chi connectivity index (χ2v) is 4.92. The summed E-state index contributed by atoms with van der Waals surface area (Å²) in [6.07, 6.45) is 3.43. The summed E-state index contributed by atoms with van der Waals surface area (Å²) in [5.74, 6) is -0.181. The van der Waals surface area contributed by atoms with Crippen molar-refractivity contribution in [3.8, 4) is 0 Å². The molecule has 0 aliphatic heterocycles. The Balaban J connectivity index is 1.95. The zero-order chi connectivity index (χ0) is 14.1. The van der Waals surface area contributed by atoms with Gasteiger partial charge in [0.1, 0.15) is 11.3 Å². The Morgan fingerprint density at radius 1 is 1.30 bits per heavy atom. The number of rotatable bonds is 2. The van der Waals surface area contributed by atoms with Gasteiger partial charge < -0.3 is 5.32 Å².